The van der Waals surface area contributed by atoms with E-state index in [2.05, 4.69) is 16.0 Å². The van der Waals surface area contributed by atoms with Gasteiger partial charge in [-0.25, -0.2) is 19.0 Å². The zero-order chi connectivity index (χ0) is 21.4. The van der Waals surface area contributed by atoms with Crippen LogP contribution >= 0.6 is 11.8 Å². The molecule has 0 saturated carbocycles. The van der Waals surface area contributed by atoms with Crippen LogP contribution in [0.5, 0.6) is 0 Å². The highest BCUT2D eigenvalue weighted by Gasteiger charge is 2.33. The third-order valence-electron chi connectivity index (χ3n) is 5.16. The first kappa shape index (κ1) is 19.8. The van der Waals surface area contributed by atoms with Gasteiger partial charge in [-0.05, 0) is 54.7 Å². The highest BCUT2D eigenvalue weighted by Crippen LogP contribution is 2.42. The predicted octanol–water partition coefficient (Wildman–Crippen LogP) is 3.48. The number of aliphatic hydroxyl groups excluding tert-OH is 1. The van der Waals surface area contributed by atoms with Crippen LogP contribution in [-0.4, -0.2) is 54.9 Å². The minimum absolute atomic E-state index is 0.0157. The average Bonchev–Trinajstić information content (AvgIpc) is 3.22. The molecule has 1 aromatic carbocycles. The van der Waals surface area contributed by atoms with Gasteiger partial charge in [0.15, 0.2) is 11.0 Å². The van der Waals surface area contributed by atoms with Crippen LogP contribution in [0.3, 0.4) is 0 Å². The number of hydrogen-bond acceptors (Lipinski definition) is 7. The van der Waals surface area contributed by atoms with E-state index in [9.17, 15) is 9.50 Å². The fraction of sp³-hybridized carbons (Fsp3) is 0.182. The van der Waals surface area contributed by atoms with E-state index in [1.807, 2.05) is 28.8 Å². The maximum atomic E-state index is 13.4. The molecule has 7 nitrogen and oxygen atoms in total. The van der Waals surface area contributed by atoms with Gasteiger partial charge in [-0.1, -0.05) is 12.1 Å². The van der Waals surface area contributed by atoms with Crippen molar-refractivity contribution in [2.24, 2.45) is 0 Å². The highest BCUT2D eigenvalue weighted by atomic mass is 32.2. The largest absolute Gasteiger partial charge is 0.395 e. The molecule has 4 aromatic rings. The van der Waals surface area contributed by atoms with Gasteiger partial charge in [-0.2, -0.15) is 0 Å². The minimum atomic E-state index is -0.283. The monoisotopic (exact) mass is 434 g/mol. The molecule has 1 atom stereocenters. The summed E-state index contributed by atoms with van der Waals surface area (Å²) in [5, 5.41) is 15.9. The first-order valence-corrected chi connectivity index (χ1v) is 10.6. The van der Waals surface area contributed by atoms with Gasteiger partial charge >= 0.3 is 0 Å². The first-order chi connectivity index (χ1) is 15.1. The molecule has 0 radical (unpaired) electrons. The van der Waals surface area contributed by atoms with Crippen molar-refractivity contribution in [2.75, 3.05) is 20.2 Å². The summed E-state index contributed by atoms with van der Waals surface area (Å²) in [5.74, 6) is 0.334. The van der Waals surface area contributed by atoms with Crippen LogP contribution in [0.15, 0.2) is 71.2 Å². The van der Waals surface area contributed by atoms with E-state index in [0.29, 0.717) is 12.4 Å². The Labute approximate surface area is 182 Å². The number of aliphatic hydroxyl groups is 1. The molecule has 1 aliphatic rings. The Morgan fingerprint density at radius 3 is 2.61 bits per heavy atom. The maximum Gasteiger partial charge on any atom is 0.194 e. The lowest BCUT2D eigenvalue weighted by Crippen LogP contribution is -2.35. The van der Waals surface area contributed by atoms with Gasteiger partial charge < -0.3 is 5.11 Å². The molecule has 3 aromatic heterocycles. The molecule has 1 aliphatic heterocycles. The van der Waals surface area contributed by atoms with E-state index < -0.39 is 0 Å². The summed E-state index contributed by atoms with van der Waals surface area (Å²) in [5.41, 5.74) is 3.61. The number of pyridine rings is 2. The lowest BCUT2D eigenvalue weighted by atomic mass is 10.0. The topological polar surface area (TPSA) is 80.0 Å². The van der Waals surface area contributed by atoms with Crippen molar-refractivity contribution in [2.45, 2.75) is 16.3 Å². The molecular weight excluding hydrogens is 415 g/mol. The zero-order valence-electron chi connectivity index (χ0n) is 16.7. The highest BCUT2D eigenvalue weighted by molar-refractivity contribution is 7.99. The average molecular weight is 435 g/mol. The molecule has 0 spiro atoms. The molecule has 0 bridgehead atoms. The third kappa shape index (κ3) is 3.71. The second-order valence-corrected chi connectivity index (χ2v) is 8.16. The summed E-state index contributed by atoms with van der Waals surface area (Å²) < 4.78 is 15.2. The third-order valence-corrected chi connectivity index (χ3v) is 6.16. The summed E-state index contributed by atoms with van der Waals surface area (Å²) in [4.78, 5) is 15.5. The molecule has 4 heterocycles. The van der Waals surface area contributed by atoms with E-state index in [1.165, 1.54) is 23.9 Å². The molecule has 1 unspecified atom stereocenters. The Bertz CT molecular complexity index is 1210. The summed E-state index contributed by atoms with van der Waals surface area (Å²) in [6.45, 7) is 0.473. The smallest absolute Gasteiger partial charge is 0.194 e. The number of aromatic nitrogens is 5. The molecule has 31 heavy (non-hydrogen) atoms. The van der Waals surface area contributed by atoms with Crippen molar-refractivity contribution in [1.82, 2.24) is 29.6 Å². The van der Waals surface area contributed by atoms with Crippen molar-refractivity contribution in [3.8, 4) is 22.5 Å². The fourth-order valence-electron chi connectivity index (χ4n) is 3.62. The van der Waals surface area contributed by atoms with Gasteiger partial charge in [-0.15, -0.1) is 5.10 Å². The van der Waals surface area contributed by atoms with Crippen molar-refractivity contribution in [1.29, 1.82) is 0 Å². The van der Waals surface area contributed by atoms with Gasteiger partial charge in [0.2, 0.25) is 0 Å². The molecule has 0 saturated heterocycles. The van der Waals surface area contributed by atoms with Gasteiger partial charge in [0.25, 0.3) is 0 Å². The van der Waals surface area contributed by atoms with Crippen LogP contribution in [0.2, 0.25) is 0 Å². The van der Waals surface area contributed by atoms with Gasteiger partial charge in [0.1, 0.15) is 17.0 Å². The quantitative estimate of drug-likeness (QED) is 0.515. The van der Waals surface area contributed by atoms with Crippen molar-refractivity contribution in [3.05, 3.63) is 72.4 Å². The summed E-state index contributed by atoms with van der Waals surface area (Å²) in [7, 11) is 1.93. The maximum absolute atomic E-state index is 13.4. The Hall–Kier alpha value is -3.14. The van der Waals surface area contributed by atoms with E-state index in [0.717, 1.165) is 32.4 Å². The summed E-state index contributed by atoms with van der Waals surface area (Å²) in [6, 6.07) is 12.2. The molecule has 0 aliphatic carbocycles. The molecule has 0 fully saturated rings. The molecule has 9 heteroatoms. The normalized spacial score (nSPS) is 15.0. The standard InChI is InChI=1S/C22H19FN6OS/c1-28(10-11-30)21-18-12-16(14-2-4-17(23)5-3-14)13-25-20(18)31-22-26-19(27-29(21)22)15-6-8-24-9-7-15/h2-9,12-13,21,30H,10-11H2,1H3. The van der Waals surface area contributed by atoms with Crippen LogP contribution in [0.25, 0.3) is 22.5 Å². The van der Waals surface area contributed by atoms with Crippen LogP contribution < -0.4 is 0 Å². The number of hydrogen-bond donors (Lipinski definition) is 1. The number of rotatable bonds is 5. The Morgan fingerprint density at radius 2 is 1.87 bits per heavy atom. The molecule has 156 valence electrons. The molecule has 1 N–H and O–H groups in total. The zero-order valence-corrected chi connectivity index (χ0v) is 17.5. The van der Waals surface area contributed by atoms with Crippen LogP contribution in [0, 0.1) is 5.82 Å². The van der Waals surface area contributed by atoms with E-state index in [4.69, 9.17) is 10.1 Å². The van der Waals surface area contributed by atoms with E-state index in [1.54, 1.807) is 30.7 Å². The Morgan fingerprint density at radius 1 is 1.10 bits per heavy atom. The SMILES string of the molecule is CN(CCO)C1c2cc(-c3ccc(F)cc3)cnc2Sc2nc(-c3ccncc3)nn21. The minimum Gasteiger partial charge on any atom is -0.395 e. The van der Waals surface area contributed by atoms with Crippen LogP contribution in [0.1, 0.15) is 11.7 Å². The summed E-state index contributed by atoms with van der Waals surface area (Å²) in [6.07, 6.45) is 4.93. The second kappa shape index (κ2) is 8.18. The fourth-order valence-corrected chi connectivity index (χ4v) is 4.55. The number of halogens is 1. The van der Waals surface area contributed by atoms with Gasteiger partial charge in [0, 0.05) is 41.8 Å². The number of fused-ring (bicyclic) bond motifs is 2. The van der Waals surface area contributed by atoms with Crippen LogP contribution in [0.4, 0.5) is 4.39 Å². The lowest BCUT2D eigenvalue weighted by molar-refractivity contribution is 0.144. The van der Waals surface area contributed by atoms with Crippen molar-refractivity contribution in [3.63, 3.8) is 0 Å². The number of likely N-dealkylation sites (N-methyl/N-ethyl adjacent to an activating group) is 1. The number of nitrogens with zero attached hydrogens (tertiary/aromatic N) is 6. The van der Waals surface area contributed by atoms with Crippen LogP contribution in [-0.2, 0) is 0 Å². The van der Waals surface area contributed by atoms with Crippen molar-refractivity contribution >= 4 is 11.8 Å². The lowest BCUT2D eigenvalue weighted by Gasteiger charge is -2.32. The molecule has 5 rings (SSSR count). The Kier molecular flexibility index (Phi) is 5.23. The summed E-state index contributed by atoms with van der Waals surface area (Å²) >= 11 is 1.46. The number of benzene rings is 1. The van der Waals surface area contributed by atoms with E-state index >= 15 is 0 Å². The predicted molar refractivity (Wildman–Crippen MR) is 115 cm³/mol. The van der Waals surface area contributed by atoms with Gasteiger partial charge in [0.05, 0.1) is 6.61 Å². The second-order valence-electron chi connectivity index (χ2n) is 7.20. The van der Waals surface area contributed by atoms with E-state index in [-0.39, 0.29) is 18.6 Å². The van der Waals surface area contributed by atoms with Crippen molar-refractivity contribution < 1.29 is 9.50 Å². The molecule has 0 amide bonds. The Balaban J connectivity index is 1.61. The molecular formula is C22H19FN6OS. The first-order valence-electron chi connectivity index (χ1n) is 9.76. The van der Waals surface area contributed by atoms with Gasteiger partial charge in [-0.3, -0.25) is 9.88 Å².